The number of hydrogen-bond donors (Lipinski definition) is 2. The van der Waals surface area contributed by atoms with Gasteiger partial charge in [0.2, 0.25) is 5.91 Å². The minimum atomic E-state index is 0.0578. The number of carbonyl (C=O) groups excluding carboxylic acids is 1. The van der Waals surface area contributed by atoms with E-state index in [-0.39, 0.29) is 11.8 Å². The van der Waals surface area contributed by atoms with Gasteiger partial charge in [-0.1, -0.05) is 38.1 Å². The van der Waals surface area contributed by atoms with E-state index in [1.807, 2.05) is 0 Å². The molecule has 1 amide bonds. The molecule has 0 bridgehead atoms. The lowest BCUT2D eigenvalue weighted by molar-refractivity contribution is -0.117. The van der Waals surface area contributed by atoms with Crippen molar-refractivity contribution in [2.45, 2.75) is 32.1 Å². The van der Waals surface area contributed by atoms with Crippen LogP contribution in [0, 0.1) is 5.92 Å². The van der Waals surface area contributed by atoms with E-state index >= 15 is 0 Å². The predicted octanol–water partition coefficient (Wildman–Crippen LogP) is 3.53. The maximum Gasteiger partial charge on any atom is 0.228 e. The number of nitrogens with zero attached hydrogens (tertiary/aromatic N) is 1. The van der Waals surface area contributed by atoms with Crippen molar-refractivity contribution < 1.29 is 4.79 Å². The van der Waals surface area contributed by atoms with E-state index in [1.54, 1.807) is 18.3 Å². The van der Waals surface area contributed by atoms with E-state index in [0.717, 1.165) is 6.42 Å². The SMILES string of the molecule is CC(C)c1ccc(C2CC2C(=O)Nc2ccc(N)nc2)cc1. The van der Waals surface area contributed by atoms with Crippen LogP contribution >= 0.6 is 0 Å². The molecule has 0 saturated heterocycles. The summed E-state index contributed by atoms with van der Waals surface area (Å²) in [5, 5.41) is 2.90. The second-order valence-electron chi connectivity index (χ2n) is 6.23. The van der Waals surface area contributed by atoms with Crippen LogP contribution in [-0.2, 0) is 4.79 Å². The van der Waals surface area contributed by atoms with Gasteiger partial charge in [-0.25, -0.2) is 4.98 Å². The molecule has 1 aliphatic carbocycles. The molecule has 3 N–H and O–H groups in total. The van der Waals surface area contributed by atoms with Gasteiger partial charge < -0.3 is 11.1 Å². The molecule has 2 unspecified atom stereocenters. The highest BCUT2D eigenvalue weighted by atomic mass is 16.2. The summed E-state index contributed by atoms with van der Waals surface area (Å²) in [6.45, 7) is 4.37. The maximum absolute atomic E-state index is 12.2. The number of amides is 1. The predicted molar refractivity (Wildman–Crippen MR) is 88.7 cm³/mol. The van der Waals surface area contributed by atoms with Gasteiger partial charge in [0.1, 0.15) is 5.82 Å². The van der Waals surface area contributed by atoms with Gasteiger partial charge in [0.25, 0.3) is 0 Å². The number of carbonyl (C=O) groups is 1. The molecule has 0 aliphatic heterocycles. The van der Waals surface area contributed by atoms with Crippen molar-refractivity contribution in [1.29, 1.82) is 0 Å². The van der Waals surface area contributed by atoms with Crippen molar-refractivity contribution in [1.82, 2.24) is 4.98 Å². The van der Waals surface area contributed by atoms with Crippen molar-refractivity contribution >= 4 is 17.4 Å². The van der Waals surface area contributed by atoms with Crippen LogP contribution < -0.4 is 11.1 Å². The molecular weight excluding hydrogens is 274 g/mol. The Kier molecular flexibility index (Phi) is 3.84. The smallest absolute Gasteiger partial charge is 0.228 e. The first kappa shape index (κ1) is 14.6. The normalized spacial score (nSPS) is 20.0. The minimum absolute atomic E-state index is 0.0578. The van der Waals surface area contributed by atoms with Crippen molar-refractivity contribution in [2.24, 2.45) is 5.92 Å². The molecule has 1 aromatic carbocycles. The zero-order chi connectivity index (χ0) is 15.7. The number of nitrogen functional groups attached to an aromatic ring is 1. The van der Waals surface area contributed by atoms with Crippen LogP contribution in [0.25, 0.3) is 0 Å². The van der Waals surface area contributed by atoms with Gasteiger partial charge in [0.05, 0.1) is 11.9 Å². The van der Waals surface area contributed by atoms with Crippen LogP contribution in [-0.4, -0.2) is 10.9 Å². The lowest BCUT2D eigenvalue weighted by Crippen LogP contribution is -2.14. The zero-order valence-corrected chi connectivity index (χ0v) is 12.9. The van der Waals surface area contributed by atoms with E-state index < -0.39 is 0 Å². The Morgan fingerprint density at radius 2 is 1.95 bits per heavy atom. The third-order valence-electron chi connectivity index (χ3n) is 4.21. The fraction of sp³-hybridized carbons (Fsp3) is 0.333. The van der Waals surface area contributed by atoms with Crippen LogP contribution in [0.2, 0.25) is 0 Å². The molecule has 4 nitrogen and oxygen atoms in total. The summed E-state index contributed by atoms with van der Waals surface area (Å²) in [6.07, 6.45) is 2.50. The molecule has 1 aliphatic rings. The van der Waals surface area contributed by atoms with Gasteiger partial charge in [-0.05, 0) is 41.5 Å². The first-order chi connectivity index (χ1) is 10.5. The Labute approximate surface area is 130 Å². The Hall–Kier alpha value is -2.36. The van der Waals surface area contributed by atoms with Crippen LogP contribution in [0.4, 0.5) is 11.5 Å². The molecule has 1 heterocycles. The number of aromatic nitrogens is 1. The topological polar surface area (TPSA) is 68.0 Å². The Morgan fingerprint density at radius 1 is 1.23 bits per heavy atom. The second-order valence-corrected chi connectivity index (χ2v) is 6.23. The summed E-state index contributed by atoms with van der Waals surface area (Å²) < 4.78 is 0. The van der Waals surface area contributed by atoms with E-state index in [1.165, 1.54) is 11.1 Å². The largest absolute Gasteiger partial charge is 0.384 e. The number of anilines is 2. The highest BCUT2D eigenvalue weighted by Crippen LogP contribution is 2.48. The third kappa shape index (κ3) is 3.11. The van der Waals surface area contributed by atoms with Gasteiger partial charge in [0.15, 0.2) is 0 Å². The second kappa shape index (κ2) is 5.79. The van der Waals surface area contributed by atoms with Gasteiger partial charge in [-0.15, -0.1) is 0 Å². The molecule has 2 aromatic rings. The zero-order valence-electron chi connectivity index (χ0n) is 12.9. The molecule has 4 heteroatoms. The molecule has 0 radical (unpaired) electrons. The van der Waals surface area contributed by atoms with Crippen LogP contribution in [0.5, 0.6) is 0 Å². The molecule has 2 atom stereocenters. The molecule has 3 rings (SSSR count). The van der Waals surface area contributed by atoms with Crippen molar-refractivity contribution in [2.75, 3.05) is 11.1 Å². The summed E-state index contributed by atoms with van der Waals surface area (Å²) in [6, 6.07) is 12.1. The summed E-state index contributed by atoms with van der Waals surface area (Å²) in [4.78, 5) is 16.2. The number of nitrogens with two attached hydrogens (primary N) is 1. The minimum Gasteiger partial charge on any atom is -0.384 e. The van der Waals surface area contributed by atoms with Crippen molar-refractivity contribution in [3.8, 4) is 0 Å². The van der Waals surface area contributed by atoms with Gasteiger partial charge >= 0.3 is 0 Å². The monoisotopic (exact) mass is 295 g/mol. The average molecular weight is 295 g/mol. The van der Waals surface area contributed by atoms with Gasteiger partial charge in [0, 0.05) is 5.92 Å². The van der Waals surface area contributed by atoms with Crippen molar-refractivity contribution in [3.05, 3.63) is 53.7 Å². The summed E-state index contributed by atoms with van der Waals surface area (Å²) in [5.41, 5.74) is 8.81. The number of benzene rings is 1. The molecule has 114 valence electrons. The summed E-state index contributed by atoms with van der Waals surface area (Å²) in [5.74, 6) is 1.44. The molecule has 1 saturated carbocycles. The molecule has 1 fully saturated rings. The van der Waals surface area contributed by atoms with Gasteiger partial charge in [-0.2, -0.15) is 0 Å². The third-order valence-corrected chi connectivity index (χ3v) is 4.21. The Morgan fingerprint density at radius 3 is 2.55 bits per heavy atom. The van der Waals surface area contributed by atoms with Crippen LogP contribution in [0.3, 0.4) is 0 Å². The fourth-order valence-electron chi connectivity index (χ4n) is 2.70. The highest BCUT2D eigenvalue weighted by molar-refractivity contribution is 5.95. The maximum atomic E-state index is 12.2. The summed E-state index contributed by atoms with van der Waals surface area (Å²) >= 11 is 0. The lowest BCUT2D eigenvalue weighted by Gasteiger charge is -2.07. The standard InChI is InChI=1S/C18H21N3O/c1-11(2)12-3-5-13(6-4-12)15-9-16(15)18(22)21-14-7-8-17(19)20-10-14/h3-8,10-11,15-16H,9H2,1-2H3,(H2,19,20)(H,21,22). The van der Waals surface area contributed by atoms with Crippen LogP contribution in [0.1, 0.15) is 43.2 Å². The lowest BCUT2D eigenvalue weighted by atomic mass is 10.00. The number of pyridine rings is 1. The first-order valence-electron chi connectivity index (χ1n) is 7.67. The van der Waals surface area contributed by atoms with E-state index in [2.05, 4.69) is 48.4 Å². The van der Waals surface area contributed by atoms with E-state index in [0.29, 0.717) is 23.3 Å². The summed E-state index contributed by atoms with van der Waals surface area (Å²) in [7, 11) is 0. The van der Waals surface area contributed by atoms with E-state index in [9.17, 15) is 4.79 Å². The number of nitrogens with one attached hydrogen (secondary N) is 1. The number of hydrogen-bond acceptors (Lipinski definition) is 3. The molecule has 22 heavy (non-hydrogen) atoms. The van der Waals surface area contributed by atoms with E-state index in [4.69, 9.17) is 5.73 Å². The number of rotatable bonds is 4. The van der Waals surface area contributed by atoms with Crippen molar-refractivity contribution in [3.63, 3.8) is 0 Å². The molecular formula is C18H21N3O. The molecule has 0 spiro atoms. The Bertz CT molecular complexity index is 662. The van der Waals surface area contributed by atoms with Crippen LogP contribution in [0.15, 0.2) is 42.6 Å². The quantitative estimate of drug-likeness (QED) is 0.906. The average Bonchev–Trinajstić information content (AvgIpc) is 3.30. The highest BCUT2D eigenvalue weighted by Gasteiger charge is 2.43. The first-order valence-corrected chi connectivity index (χ1v) is 7.67. The molecule has 1 aromatic heterocycles. The van der Waals surface area contributed by atoms with Gasteiger partial charge in [-0.3, -0.25) is 4.79 Å². The fourth-order valence-corrected chi connectivity index (χ4v) is 2.70. The Balaban J connectivity index is 1.61.